The van der Waals surface area contributed by atoms with E-state index < -0.39 is 0 Å². The Morgan fingerprint density at radius 1 is 1.12 bits per heavy atom. The highest BCUT2D eigenvalue weighted by Gasteiger charge is 2.21. The highest BCUT2D eigenvalue weighted by Crippen LogP contribution is 2.33. The van der Waals surface area contributed by atoms with Crippen molar-refractivity contribution < 1.29 is 4.79 Å². The summed E-state index contributed by atoms with van der Waals surface area (Å²) in [7, 11) is 4.06. The van der Waals surface area contributed by atoms with Crippen LogP contribution in [0.4, 0.5) is 5.13 Å². The maximum atomic E-state index is 13.1. The molecule has 26 heavy (non-hydrogen) atoms. The Morgan fingerprint density at radius 3 is 2.50 bits per heavy atom. The molecule has 1 aromatic heterocycles. The van der Waals surface area contributed by atoms with E-state index >= 15 is 0 Å². The van der Waals surface area contributed by atoms with Crippen LogP contribution in [0.15, 0.2) is 42.5 Å². The van der Waals surface area contributed by atoms with Crippen LogP contribution in [0, 0.1) is 6.92 Å². The molecule has 1 amide bonds. The summed E-state index contributed by atoms with van der Waals surface area (Å²) < 4.78 is 0.988. The Hall–Kier alpha value is -1.95. The third-order valence-electron chi connectivity index (χ3n) is 4.12. The zero-order valence-electron chi connectivity index (χ0n) is 15.2. The smallest absolute Gasteiger partial charge is 0.260 e. The molecule has 0 spiro atoms. The molecule has 0 saturated carbocycles. The van der Waals surface area contributed by atoms with Gasteiger partial charge in [0.25, 0.3) is 5.91 Å². The van der Waals surface area contributed by atoms with Crippen molar-refractivity contribution in [3.8, 4) is 0 Å². The molecule has 1 heterocycles. The number of thiazole rings is 1. The van der Waals surface area contributed by atoms with Gasteiger partial charge in [0.05, 0.1) is 9.72 Å². The van der Waals surface area contributed by atoms with E-state index in [0.717, 1.165) is 28.7 Å². The van der Waals surface area contributed by atoms with Gasteiger partial charge in [-0.25, -0.2) is 4.98 Å². The molecular formula is C20H22ClN3OS. The summed E-state index contributed by atoms with van der Waals surface area (Å²) in [5.41, 5.74) is 2.56. The van der Waals surface area contributed by atoms with Gasteiger partial charge >= 0.3 is 0 Å². The van der Waals surface area contributed by atoms with Crippen molar-refractivity contribution in [2.45, 2.75) is 13.3 Å². The number of halogens is 1. The van der Waals surface area contributed by atoms with Crippen molar-refractivity contribution in [2.75, 3.05) is 32.1 Å². The zero-order valence-corrected chi connectivity index (χ0v) is 16.8. The molecule has 0 aliphatic rings. The minimum Gasteiger partial charge on any atom is -0.309 e. The molecule has 0 saturated heterocycles. The van der Waals surface area contributed by atoms with E-state index in [1.165, 1.54) is 11.3 Å². The highest BCUT2D eigenvalue weighted by atomic mass is 35.5. The fraction of sp³-hybridized carbons (Fsp3) is 0.300. The van der Waals surface area contributed by atoms with Crippen molar-refractivity contribution in [2.24, 2.45) is 0 Å². The number of carbonyl (C=O) groups excluding carboxylic acids is 1. The van der Waals surface area contributed by atoms with Gasteiger partial charge in [-0.05, 0) is 58.3 Å². The highest BCUT2D eigenvalue weighted by molar-refractivity contribution is 7.22. The van der Waals surface area contributed by atoms with Crippen LogP contribution in [0.3, 0.4) is 0 Å². The summed E-state index contributed by atoms with van der Waals surface area (Å²) >= 11 is 7.77. The van der Waals surface area contributed by atoms with Crippen LogP contribution >= 0.6 is 22.9 Å². The number of benzene rings is 2. The Balaban J connectivity index is 1.94. The second-order valence-corrected chi connectivity index (χ2v) is 7.98. The van der Waals surface area contributed by atoms with Crippen molar-refractivity contribution in [3.05, 3.63) is 58.6 Å². The Kier molecular flexibility index (Phi) is 5.91. The van der Waals surface area contributed by atoms with Gasteiger partial charge in [0.15, 0.2) is 5.13 Å². The summed E-state index contributed by atoms with van der Waals surface area (Å²) in [5.74, 6) is -0.0288. The van der Waals surface area contributed by atoms with E-state index in [1.54, 1.807) is 4.90 Å². The molecule has 0 aliphatic heterocycles. The molecule has 0 unspecified atom stereocenters. The van der Waals surface area contributed by atoms with E-state index in [0.29, 0.717) is 22.3 Å². The number of hydrogen-bond donors (Lipinski definition) is 0. The van der Waals surface area contributed by atoms with Gasteiger partial charge in [-0.3, -0.25) is 9.69 Å². The molecule has 2 aromatic carbocycles. The number of anilines is 1. The lowest BCUT2D eigenvalue weighted by atomic mass is 10.1. The SMILES string of the molecule is Cc1ccc(C(=O)N(CCCN(C)C)c2nc3c(Cl)cccc3s2)cc1. The van der Waals surface area contributed by atoms with Crippen LogP contribution in [0.2, 0.25) is 5.02 Å². The second-order valence-electron chi connectivity index (χ2n) is 6.56. The molecule has 0 bridgehead atoms. The number of fused-ring (bicyclic) bond motifs is 1. The lowest BCUT2D eigenvalue weighted by Crippen LogP contribution is -2.33. The summed E-state index contributed by atoms with van der Waals surface area (Å²) in [5, 5.41) is 1.30. The van der Waals surface area contributed by atoms with E-state index in [2.05, 4.69) is 9.88 Å². The van der Waals surface area contributed by atoms with Crippen LogP contribution < -0.4 is 4.90 Å². The predicted octanol–water partition coefficient (Wildman–Crippen LogP) is 4.86. The Morgan fingerprint density at radius 2 is 1.85 bits per heavy atom. The summed E-state index contributed by atoms with van der Waals surface area (Å²) in [6, 6.07) is 13.4. The van der Waals surface area contributed by atoms with Crippen LogP contribution in [0.1, 0.15) is 22.3 Å². The first kappa shape index (κ1) is 18.8. The van der Waals surface area contributed by atoms with E-state index in [-0.39, 0.29) is 5.91 Å². The van der Waals surface area contributed by atoms with Gasteiger partial charge in [-0.2, -0.15) is 0 Å². The number of carbonyl (C=O) groups is 1. The van der Waals surface area contributed by atoms with E-state index in [1.807, 2.05) is 63.5 Å². The molecule has 0 atom stereocenters. The fourth-order valence-corrected chi connectivity index (χ4v) is 3.99. The van der Waals surface area contributed by atoms with Gasteiger partial charge in [0.2, 0.25) is 0 Å². The molecule has 3 rings (SSSR count). The molecule has 0 N–H and O–H groups in total. The number of aryl methyl sites for hydroxylation is 1. The van der Waals surface area contributed by atoms with E-state index in [9.17, 15) is 4.79 Å². The zero-order chi connectivity index (χ0) is 18.7. The molecule has 0 fully saturated rings. The maximum Gasteiger partial charge on any atom is 0.260 e. The minimum absolute atomic E-state index is 0.0288. The first-order valence-electron chi connectivity index (χ1n) is 8.54. The number of para-hydroxylation sites is 1. The first-order chi connectivity index (χ1) is 12.5. The molecule has 136 valence electrons. The monoisotopic (exact) mass is 387 g/mol. The molecule has 0 aliphatic carbocycles. The summed E-state index contributed by atoms with van der Waals surface area (Å²) in [4.78, 5) is 21.7. The molecule has 6 heteroatoms. The van der Waals surface area contributed by atoms with Crippen LogP contribution in [-0.4, -0.2) is 43.0 Å². The molecule has 3 aromatic rings. The van der Waals surface area contributed by atoms with Gasteiger partial charge in [-0.1, -0.05) is 46.7 Å². The normalized spacial score (nSPS) is 11.3. The van der Waals surface area contributed by atoms with Crippen molar-refractivity contribution in [1.82, 2.24) is 9.88 Å². The Bertz CT molecular complexity index is 905. The lowest BCUT2D eigenvalue weighted by Gasteiger charge is -2.21. The number of amides is 1. The average molecular weight is 388 g/mol. The second kappa shape index (κ2) is 8.16. The van der Waals surface area contributed by atoms with Crippen LogP contribution in [-0.2, 0) is 0 Å². The first-order valence-corrected chi connectivity index (χ1v) is 9.73. The Labute approximate surface area is 163 Å². The maximum absolute atomic E-state index is 13.1. The summed E-state index contributed by atoms with van der Waals surface area (Å²) in [6.07, 6.45) is 0.869. The lowest BCUT2D eigenvalue weighted by molar-refractivity contribution is 0.0986. The molecule has 0 radical (unpaired) electrons. The average Bonchev–Trinajstić information content (AvgIpc) is 3.04. The van der Waals surface area contributed by atoms with Crippen LogP contribution in [0.25, 0.3) is 10.2 Å². The van der Waals surface area contributed by atoms with Crippen molar-refractivity contribution >= 4 is 44.2 Å². The van der Waals surface area contributed by atoms with Gasteiger partial charge in [0.1, 0.15) is 5.52 Å². The topological polar surface area (TPSA) is 36.4 Å². The van der Waals surface area contributed by atoms with Crippen LogP contribution in [0.5, 0.6) is 0 Å². The summed E-state index contributed by atoms with van der Waals surface area (Å²) in [6.45, 7) is 3.53. The largest absolute Gasteiger partial charge is 0.309 e. The standard InChI is InChI=1S/C20H22ClN3OS/c1-14-8-10-15(11-9-14)19(25)24(13-5-12-23(2)3)20-22-18-16(21)6-4-7-17(18)26-20/h4,6-11H,5,12-13H2,1-3H3. The van der Waals surface area contributed by atoms with Gasteiger partial charge < -0.3 is 4.90 Å². The minimum atomic E-state index is -0.0288. The number of nitrogens with zero attached hydrogens (tertiary/aromatic N) is 3. The number of hydrogen-bond acceptors (Lipinski definition) is 4. The number of rotatable bonds is 6. The molecular weight excluding hydrogens is 366 g/mol. The third-order valence-corrected chi connectivity index (χ3v) is 5.47. The van der Waals surface area contributed by atoms with Crippen molar-refractivity contribution in [3.63, 3.8) is 0 Å². The number of aromatic nitrogens is 1. The van der Waals surface area contributed by atoms with Gasteiger partial charge in [-0.15, -0.1) is 0 Å². The van der Waals surface area contributed by atoms with E-state index in [4.69, 9.17) is 11.6 Å². The van der Waals surface area contributed by atoms with Crippen molar-refractivity contribution in [1.29, 1.82) is 0 Å². The van der Waals surface area contributed by atoms with Gasteiger partial charge in [0, 0.05) is 12.1 Å². The molecule has 4 nitrogen and oxygen atoms in total. The fourth-order valence-electron chi connectivity index (χ4n) is 2.70. The quantitative estimate of drug-likeness (QED) is 0.606. The predicted molar refractivity (Wildman–Crippen MR) is 111 cm³/mol. The third kappa shape index (κ3) is 4.23.